The molecule has 0 radical (unpaired) electrons. The first-order valence-corrected chi connectivity index (χ1v) is 5.90. The van der Waals surface area contributed by atoms with Gasteiger partial charge in [0.05, 0.1) is 19.3 Å². The maximum Gasteiger partial charge on any atom is 0.341 e. The average molecular weight is 252 g/mol. The van der Waals surface area contributed by atoms with E-state index in [1.54, 1.807) is 6.92 Å². The number of ether oxygens (including phenoxy) is 2. The molecule has 1 aliphatic heterocycles. The number of aromatic nitrogens is 3. The summed E-state index contributed by atoms with van der Waals surface area (Å²) in [6, 6.07) is -0.234. The molecule has 0 amide bonds. The number of hydrogen-bond acceptors (Lipinski definition) is 6. The molecule has 7 heteroatoms. The first-order valence-electron chi connectivity index (χ1n) is 5.90. The molecule has 0 saturated carbocycles. The third-order valence-corrected chi connectivity index (χ3v) is 2.53. The van der Waals surface area contributed by atoms with Crippen molar-refractivity contribution in [3.8, 4) is 0 Å². The Morgan fingerprint density at radius 3 is 2.94 bits per heavy atom. The number of anilines is 1. The molecule has 18 heavy (non-hydrogen) atoms. The molecule has 1 N–H and O–H groups in total. The van der Waals surface area contributed by atoms with Crippen molar-refractivity contribution in [2.45, 2.75) is 26.8 Å². The number of carbonyl (C=O) groups excluding carboxylic acids is 1. The molecule has 0 bridgehead atoms. The van der Waals surface area contributed by atoms with Crippen molar-refractivity contribution < 1.29 is 14.3 Å². The molecular weight excluding hydrogens is 236 g/mol. The Balaban J connectivity index is 2.47. The standard InChI is InChI=1S/C11H16N4O3/c1-4-17-9-8(10(16)18-5-2)7(3)14-11-12-6-13-15(9)11/h6-7H,4-5H2,1-3H3,(H,12,13,14). The van der Waals surface area contributed by atoms with E-state index in [1.807, 2.05) is 13.8 Å². The Morgan fingerprint density at radius 2 is 2.28 bits per heavy atom. The summed E-state index contributed by atoms with van der Waals surface area (Å²) in [6.07, 6.45) is 1.40. The second-order valence-electron chi connectivity index (χ2n) is 3.73. The van der Waals surface area contributed by atoms with Gasteiger partial charge in [-0.2, -0.15) is 14.8 Å². The lowest BCUT2D eigenvalue weighted by atomic mass is 10.1. The molecular formula is C11H16N4O3. The maximum atomic E-state index is 12.0. The molecule has 1 aromatic heterocycles. The zero-order valence-corrected chi connectivity index (χ0v) is 10.6. The second kappa shape index (κ2) is 5.07. The second-order valence-corrected chi connectivity index (χ2v) is 3.73. The highest BCUT2D eigenvalue weighted by Crippen LogP contribution is 2.26. The van der Waals surface area contributed by atoms with Gasteiger partial charge >= 0.3 is 5.97 Å². The van der Waals surface area contributed by atoms with Crippen LogP contribution in [0.3, 0.4) is 0 Å². The van der Waals surface area contributed by atoms with Crippen molar-refractivity contribution in [1.82, 2.24) is 14.8 Å². The summed E-state index contributed by atoms with van der Waals surface area (Å²) in [4.78, 5) is 16.0. The molecule has 0 spiro atoms. The van der Waals surface area contributed by atoms with Gasteiger partial charge < -0.3 is 14.8 Å². The van der Waals surface area contributed by atoms with E-state index in [0.717, 1.165) is 0 Å². The lowest BCUT2D eigenvalue weighted by Gasteiger charge is -2.25. The number of esters is 1. The van der Waals surface area contributed by atoms with E-state index < -0.39 is 5.97 Å². The van der Waals surface area contributed by atoms with Gasteiger partial charge in [-0.05, 0) is 20.8 Å². The van der Waals surface area contributed by atoms with E-state index in [-0.39, 0.29) is 6.04 Å². The molecule has 2 heterocycles. The van der Waals surface area contributed by atoms with Crippen molar-refractivity contribution in [2.75, 3.05) is 18.5 Å². The van der Waals surface area contributed by atoms with E-state index in [4.69, 9.17) is 9.47 Å². The summed E-state index contributed by atoms with van der Waals surface area (Å²) in [5.41, 5.74) is 0.428. The van der Waals surface area contributed by atoms with Gasteiger partial charge in [-0.3, -0.25) is 0 Å². The van der Waals surface area contributed by atoms with Crippen LogP contribution in [-0.2, 0) is 14.3 Å². The van der Waals surface area contributed by atoms with Crippen LogP contribution < -0.4 is 5.32 Å². The Hall–Kier alpha value is -2.05. The van der Waals surface area contributed by atoms with Crippen LogP contribution in [0.5, 0.6) is 0 Å². The molecule has 1 aromatic rings. The third-order valence-electron chi connectivity index (χ3n) is 2.53. The number of nitrogens with zero attached hydrogens (tertiary/aromatic N) is 3. The fourth-order valence-corrected chi connectivity index (χ4v) is 1.80. The average Bonchev–Trinajstić information content (AvgIpc) is 2.77. The topological polar surface area (TPSA) is 78.3 Å². The highest BCUT2D eigenvalue weighted by molar-refractivity contribution is 5.96. The van der Waals surface area contributed by atoms with Crippen LogP contribution in [0.1, 0.15) is 20.8 Å². The van der Waals surface area contributed by atoms with Gasteiger partial charge in [-0.15, -0.1) is 0 Å². The number of hydrogen-bond donors (Lipinski definition) is 1. The number of nitrogens with one attached hydrogen (secondary N) is 1. The molecule has 0 saturated heterocycles. The Labute approximate surface area is 105 Å². The van der Waals surface area contributed by atoms with Crippen molar-refractivity contribution in [3.63, 3.8) is 0 Å². The van der Waals surface area contributed by atoms with Gasteiger partial charge in [0, 0.05) is 0 Å². The smallest absolute Gasteiger partial charge is 0.341 e. The van der Waals surface area contributed by atoms with Crippen molar-refractivity contribution in [2.24, 2.45) is 0 Å². The molecule has 0 aromatic carbocycles. The summed E-state index contributed by atoms with van der Waals surface area (Å²) in [6.45, 7) is 6.21. The van der Waals surface area contributed by atoms with E-state index in [0.29, 0.717) is 30.6 Å². The molecule has 98 valence electrons. The lowest BCUT2D eigenvalue weighted by molar-refractivity contribution is -0.138. The summed E-state index contributed by atoms with van der Waals surface area (Å²) < 4.78 is 12.0. The largest absolute Gasteiger partial charge is 0.477 e. The summed E-state index contributed by atoms with van der Waals surface area (Å²) in [5, 5.41) is 7.10. The predicted octanol–water partition coefficient (Wildman–Crippen LogP) is 0.860. The third kappa shape index (κ3) is 2.03. The normalized spacial score (nSPS) is 18.1. The zero-order chi connectivity index (χ0) is 13.1. The van der Waals surface area contributed by atoms with Gasteiger partial charge in [0.1, 0.15) is 11.9 Å². The quantitative estimate of drug-likeness (QED) is 0.801. The first-order chi connectivity index (χ1) is 8.69. The molecule has 1 aliphatic rings. The fraction of sp³-hybridized carbons (Fsp3) is 0.545. The molecule has 1 atom stereocenters. The van der Waals surface area contributed by atoms with Crippen LogP contribution in [0.25, 0.3) is 5.88 Å². The Kier molecular flexibility index (Phi) is 3.50. The van der Waals surface area contributed by atoms with E-state index in [2.05, 4.69) is 15.4 Å². The van der Waals surface area contributed by atoms with Crippen molar-refractivity contribution in [1.29, 1.82) is 0 Å². The SMILES string of the molecule is CCOC(=O)C1=C(OCC)n2ncnc2NC1C. The van der Waals surface area contributed by atoms with Gasteiger partial charge in [0.15, 0.2) is 0 Å². The first kappa shape index (κ1) is 12.4. The van der Waals surface area contributed by atoms with Crippen molar-refractivity contribution in [3.05, 3.63) is 11.9 Å². The number of fused-ring (bicyclic) bond motifs is 1. The van der Waals surface area contributed by atoms with Gasteiger partial charge in [0.25, 0.3) is 0 Å². The van der Waals surface area contributed by atoms with Crippen LogP contribution in [0.15, 0.2) is 11.9 Å². The number of rotatable bonds is 4. The molecule has 2 rings (SSSR count). The molecule has 7 nitrogen and oxygen atoms in total. The minimum Gasteiger partial charge on any atom is -0.477 e. The van der Waals surface area contributed by atoms with E-state index >= 15 is 0 Å². The summed E-state index contributed by atoms with van der Waals surface area (Å²) in [5.74, 6) is 0.538. The van der Waals surface area contributed by atoms with Gasteiger partial charge in [0.2, 0.25) is 11.8 Å². The van der Waals surface area contributed by atoms with E-state index in [9.17, 15) is 4.79 Å². The van der Waals surface area contributed by atoms with Crippen LogP contribution in [0, 0.1) is 0 Å². The minimum atomic E-state index is -0.401. The predicted molar refractivity (Wildman–Crippen MR) is 64.6 cm³/mol. The highest BCUT2D eigenvalue weighted by atomic mass is 16.5. The molecule has 0 fully saturated rings. The summed E-state index contributed by atoms with van der Waals surface area (Å²) >= 11 is 0. The monoisotopic (exact) mass is 252 g/mol. The van der Waals surface area contributed by atoms with Crippen LogP contribution >= 0.6 is 0 Å². The van der Waals surface area contributed by atoms with E-state index in [1.165, 1.54) is 11.0 Å². The van der Waals surface area contributed by atoms with Crippen molar-refractivity contribution >= 4 is 17.8 Å². The fourth-order valence-electron chi connectivity index (χ4n) is 1.80. The maximum absolute atomic E-state index is 12.0. The number of carbonyl (C=O) groups is 1. The Bertz CT molecular complexity index is 480. The summed E-state index contributed by atoms with van der Waals surface area (Å²) in [7, 11) is 0. The van der Waals surface area contributed by atoms with Crippen LogP contribution in [0.2, 0.25) is 0 Å². The molecule has 0 aliphatic carbocycles. The van der Waals surface area contributed by atoms with Gasteiger partial charge in [-0.1, -0.05) is 0 Å². The van der Waals surface area contributed by atoms with Gasteiger partial charge in [-0.25, -0.2) is 4.79 Å². The minimum absolute atomic E-state index is 0.234. The highest BCUT2D eigenvalue weighted by Gasteiger charge is 2.32. The Morgan fingerprint density at radius 1 is 1.50 bits per heavy atom. The molecule has 1 unspecified atom stereocenters. The van der Waals surface area contributed by atoms with Crippen LogP contribution in [-0.4, -0.2) is 40.0 Å². The lowest BCUT2D eigenvalue weighted by Crippen LogP contribution is -2.33. The van der Waals surface area contributed by atoms with Crippen LogP contribution in [0.4, 0.5) is 5.95 Å². The zero-order valence-electron chi connectivity index (χ0n) is 10.6.